The van der Waals surface area contributed by atoms with Crippen LogP contribution in [0.2, 0.25) is 0 Å². The summed E-state index contributed by atoms with van der Waals surface area (Å²) in [4.78, 5) is 41.1. The van der Waals surface area contributed by atoms with E-state index >= 15 is 0 Å². The lowest BCUT2D eigenvalue weighted by atomic mass is 10.1. The van der Waals surface area contributed by atoms with Gasteiger partial charge in [0, 0.05) is 5.56 Å². The zero-order valence-corrected chi connectivity index (χ0v) is 18.6. The summed E-state index contributed by atoms with van der Waals surface area (Å²) in [5.41, 5.74) is 2.25. The van der Waals surface area contributed by atoms with E-state index in [9.17, 15) is 19.5 Å². The average molecular weight is 452 g/mol. The summed E-state index contributed by atoms with van der Waals surface area (Å²) in [7, 11) is 1.30. The lowest BCUT2D eigenvalue weighted by Crippen LogP contribution is -2.14. The fraction of sp³-hybridized carbons (Fsp3) is 0.167. The fourth-order valence-electron chi connectivity index (χ4n) is 2.83. The van der Waals surface area contributed by atoms with Crippen LogP contribution >= 0.6 is 11.8 Å². The molecule has 8 heteroatoms. The van der Waals surface area contributed by atoms with Crippen molar-refractivity contribution >= 4 is 40.7 Å². The Hall–Kier alpha value is -3.65. The molecule has 0 fully saturated rings. The molecule has 2 aromatic rings. The molecule has 3 rings (SSSR count). The van der Waals surface area contributed by atoms with E-state index < -0.39 is 17.8 Å². The van der Waals surface area contributed by atoms with Crippen molar-refractivity contribution in [1.82, 2.24) is 0 Å². The van der Waals surface area contributed by atoms with Crippen molar-refractivity contribution in [3.8, 4) is 0 Å². The second kappa shape index (κ2) is 10.1. The number of esters is 2. The number of aliphatic hydroxyl groups is 1. The Kier molecular flexibility index (Phi) is 7.27. The molecule has 1 aliphatic heterocycles. The molecule has 2 aromatic carbocycles. The zero-order chi connectivity index (χ0) is 23.3. The van der Waals surface area contributed by atoms with Crippen LogP contribution in [0.4, 0.5) is 0 Å². The standard InChI is InChI=1S/C24H21NO6S/c1-4-31-24(29)19-20(26)18(13-15-7-11-17(12-8-15)23(28)30-3)32-22(19)25-21(27)16-9-5-14(2)6-10-16/h5-13,26H,4H2,1-3H3/b18-13-,25-22?. The smallest absolute Gasteiger partial charge is 0.344 e. The van der Waals surface area contributed by atoms with Crippen molar-refractivity contribution in [1.29, 1.82) is 0 Å². The van der Waals surface area contributed by atoms with Gasteiger partial charge in [0.25, 0.3) is 5.91 Å². The number of hydrogen-bond acceptors (Lipinski definition) is 7. The van der Waals surface area contributed by atoms with E-state index in [1.807, 2.05) is 6.92 Å². The third kappa shape index (κ3) is 5.15. The molecule has 1 heterocycles. The van der Waals surface area contributed by atoms with E-state index in [-0.39, 0.29) is 23.0 Å². The molecule has 1 N–H and O–H groups in total. The van der Waals surface area contributed by atoms with Crippen molar-refractivity contribution in [3.63, 3.8) is 0 Å². The number of carbonyl (C=O) groups excluding carboxylic acids is 3. The second-order valence-corrected chi connectivity index (χ2v) is 7.79. The lowest BCUT2D eigenvalue weighted by molar-refractivity contribution is -0.138. The van der Waals surface area contributed by atoms with Crippen molar-refractivity contribution in [2.45, 2.75) is 13.8 Å². The molecule has 7 nitrogen and oxygen atoms in total. The van der Waals surface area contributed by atoms with E-state index in [0.717, 1.165) is 17.3 Å². The van der Waals surface area contributed by atoms with Crippen LogP contribution in [0.25, 0.3) is 6.08 Å². The number of carbonyl (C=O) groups is 3. The molecule has 0 saturated carbocycles. The van der Waals surface area contributed by atoms with Gasteiger partial charge in [-0.25, -0.2) is 14.6 Å². The summed E-state index contributed by atoms with van der Waals surface area (Å²) in [6, 6.07) is 13.4. The number of nitrogens with zero attached hydrogens (tertiary/aromatic N) is 1. The molecule has 0 bridgehead atoms. The highest BCUT2D eigenvalue weighted by molar-refractivity contribution is 8.18. The predicted octanol–water partition coefficient (Wildman–Crippen LogP) is 4.48. The van der Waals surface area contributed by atoms with Crippen molar-refractivity contribution in [2.24, 2.45) is 4.99 Å². The van der Waals surface area contributed by atoms with Gasteiger partial charge in [0.1, 0.15) is 16.4 Å². The van der Waals surface area contributed by atoms with Crippen LogP contribution in [-0.2, 0) is 14.3 Å². The van der Waals surface area contributed by atoms with Gasteiger partial charge < -0.3 is 14.6 Å². The van der Waals surface area contributed by atoms with Crippen molar-refractivity contribution < 1.29 is 29.0 Å². The van der Waals surface area contributed by atoms with Crippen LogP contribution in [-0.4, -0.2) is 41.7 Å². The number of amides is 1. The largest absolute Gasteiger partial charge is 0.506 e. The van der Waals surface area contributed by atoms with Gasteiger partial charge in [0.2, 0.25) is 0 Å². The Balaban J connectivity index is 1.96. The molecular weight excluding hydrogens is 430 g/mol. The number of thioether (sulfide) groups is 1. The van der Waals surface area contributed by atoms with Crippen LogP contribution in [0.5, 0.6) is 0 Å². The Morgan fingerprint density at radius 1 is 1.00 bits per heavy atom. The number of hydrogen-bond donors (Lipinski definition) is 1. The molecule has 0 radical (unpaired) electrons. The molecule has 164 valence electrons. The van der Waals surface area contributed by atoms with Crippen LogP contribution < -0.4 is 0 Å². The van der Waals surface area contributed by atoms with Gasteiger partial charge in [-0.2, -0.15) is 0 Å². The van der Waals surface area contributed by atoms with Crippen molar-refractivity contribution in [2.75, 3.05) is 13.7 Å². The van der Waals surface area contributed by atoms with E-state index in [4.69, 9.17) is 4.74 Å². The van der Waals surface area contributed by atoms with Crippen LogP contribution in [0.1, 0.15) is 38.8 Å². The molecule has 0 spiro atoms. The number of benzene rings is 2. The maximum atomic E-state index is 12.6. The van der Waals surface area contributed by atoms with Gasteiger partial charge in [-0.3, -0.25) is 4.79 Å². The van der Waals surface area contributed by atoms with E-state index in [1.54, 1.807) is 61.5 Å². The normalized spacial score (nSPS) is 15.8. The highest BCUT2D eigenvalue weighted by atomic mass is 32.2. The zero-order valence-electron chi connectivity index (χ0n) is 17.7. The van der Waals surface area contributed by atoms with E-state index in [2.05, 4.69) is 9.73 Å². The SMILES string of the molecule is CCOC(=O)C1=C(O)/C(=C/c2ccc(C(=O)OC)cc2)SC1=NC(=O)c1ccc(C)cc1. The van der Waals surface area contributed by atoms with Gasteiger partial charge >= 0.3 is 11.9 Å². The molecule has 0 aliphatic carbocycles. The molecule has 1 amide bonds. The number of aliphatic imine (C=N–C) groups is 1. The Bertz CT molecular complexity index is 1140. The number of aryl methyl sites for hydroxylation is 1. The summed E-state index contributed by atoms with van der Waals surface area (Å²) in [5, 5.41) is 10.8. The lowest BCUT2D eigenvalue weighted by Gasteiger charge is -2.03. The first kappa shape index (κ1) is 23.0. The molecule has 0 saturated heterocycles. The summed E-state index contributed by atoms with van der Waals surface area (Å²) in [5.74, 6) is -2.08. The highest BCUT2D eigenvalue weighted by Gasteiger charge is 2.33. The number of aliphatic hydroxyl groups excluding tert-OH is 1. The fourth-order valence-corrected chi connectivity index (χ4v) is 3.84. The molecule has 0 aromatic heterocycles. The summed E-state index contributed by atoms with van der Waals surface area (Å²) >= 11 is 0.991. The van der Waals surface area contributed by atoms with Gasteiger partial charge in [0.15, 0.2) is 0 Å². The maximum absolute atomic E-state index is 12.6. The maximum Gasteiger partial charge on any atom is 0.344 e. The first-order valence-corrected chi connectivity index (χ1v) is 10.5. The first-order valence-electron chi connectivity index (χ1n) is 9.72. The van der Waals surface area contributed by atoms with Gasteiger partial charge in [0.05, 0.1) is 24.2 Å². The third-order valence-electron chi connectivity index (χ3n) is 4.50. The Morgan fingerprint density at radius 3 is 2.22 bits per heavy atom. The first-order chi connectivity index (χ1) is 15.3. The van der Waals surface area contributed by atoms with Crippen molar-refractivity contribution in [3.05, 3.63) is 87.0 Å². The monoisotopic (exact) mass is 451 g/mol. The topological polar surface area (TPSA) is 102 Å². The molecular formula is C24H21NO6S. The summed E-state index contributed by atoms with van der Waals surface area (Å²) < 4.78 is 9.72. The Labute approximate surface area is 189 Å². The predicted molar refractivity (Wildman–Crippen MR) is 123 cm³/mol. The average Bonchev–Trinajstić information content (AvgIpc) is 3.08. The second-order valence-electron chi connectivity index (χ2n) is 6.76. The van der Waals surface area contributed by atoms with Crippen LogP contribution in [0.15, 0.2) is 69.8 Å². The minimum Gasteiger partial charge on any atom is -0.506 e. The summed E-state index contributed by atoms with van der Waals surface area (Å²) in [6.45, 7) is 3.65. The van der Waals surface area contributed by atoms with E-state index in [1.165, 1.54) is 7.11 Å². The molecule has 1 aliphatic rings. The van der Waals surface area contributed by atoms with Crippen LogP contribution in [0.3, 0.4) is 0 Å². The van der Waals surface area contributed by atoms with Gasteiger partial charge in [-0.15, -0.1) is 0 Å². The van der Waals surface area contributed by atoms with E-state index in [0.29, 0.717) is 21.6 Å². The molecule has 0 atom stereocenters. The number of ether oxygens (including phenoxy) is 2. The molecule has 32 heavy (non-hydrogen) atoms. The van der Waals surface area contributed by atoms with Gasteiger partial charge in [-0.1, -0.05) is 41.6 Å². The third-order valence-corrected chi connectivity index (χ3v) is 5.52. The Morgan fingerprint density at radius 2 is 1.62 bits per heavy atom. The van der Waals surface area contributed by atoms with Crippen LogP contribution in [0, 0.1) is 6.92 Å². The quantitative estimate of drug-likeness (QED) is 0.669. The number of rotatable bonds is 5. The van der Waals surface area contributed by atoms with Gasteiger partial charge in [-0.05, 0) is 49.8 Å². The highest BCUT2D eigenvalue weighted by Crippen LogP contribution is 2.39. The summed E-state index contributed by atoms with van der Waals surface area (Å²) in [6.07, 6.45) is 1.62. The number of methoxy groups -OCH3 is 1. The molecule has 0 unspecified atom stereocenters. The minimum atomic E-state index is -0.766. The minimum absolute atomic E-state index is 0.0592.